The van der Waals surface area contributed by atoms with Crippen molar-refractivity contribution in [1.82, 2.24) is 5.16 Å². The molecule has 0 saturated heterocycles. The molecule has 1 heterocycles. The molecule has 4 bridgehead atoms. The highest BCUT2D eigenvalue weighted by molar-refractivity contribution is 6.03. The van der Waals surface area contributed by atoms with Crippen LogP contribution in [0.3, 0.4) is 0 Å². The molecule has 4 heteroatoms. The summed E-state index contributed by atoms with van der Waals surface area (Å²) in [5.41, 5.74) is 6.60. The molecule has 0 atom stereocenters. The average Bonchev–Trinajstić information content (AvgIpc) is 2.67. The fraction of sp³-hybridized carbons (Fsp3) is 0.733. The number of nitrogen functional groups attached to an aromatic ring is 1. The third kappa shape index (κ3) is 1.52. The molecule has 4 aliphatic rings. The van der Waals surface area contributed by atoms with Gasteiger partial charge in [-0.2, -0.15) is 0 Å². The van der Waals surface area contributed by atoms with Gasteiger partial charge in [0.15, 0.2) is 17.2 Å². The third-order valence-corrected chi connectivity index (χ3v) is 5.64. The number of hydrogen-bond donors (Lipinski definition) is 1. The van der Waals surface area contributed by atoms with Crippen LogP contribution in [0.15, 0.2) is 4.52 Å². The van der Waals surface area contributed by atoms with Gasteiger partial charge in [0.2, 0.25) is 0 Å². The summed E-state index contributed by atoms with van der Waals surface area (Å²) in [4.78, 5) is 12.9. The molecule has 0 radical (unpaired) electrons. The van der Waals surface area contributed by atoms with E-state index in [9.17, 15) is 4.79 Å². The van der Waals surface area contributed by atoms with Gasteiger partial charge in [-0.3, -0.25) is 4.79 Å². The highest BCUT2D eigenvalue weighted by Gasteiger charge is 2.55. The summed E-state index contributed by atoms with van der Waals surface area (Å²) in [6, 6.07) is 0. The van der Waals surface area contributed by atoms with Crippen LogP contribution in [0.5, 0.6) is 0 Å². The lowest BCUT2D eigenvalue weighted by atomic mass is 9.48. The Hall–Kier alpha value is -1.32. The van der Waals surface area contributed by atoms with Gasteiger partial charge in [0.05, 0.1) is 0 Å². The smallest absolute Gasteiger partial charge is 0.193 e. The predicted molar refractivity (Wildman–Crippen MR) is 70.6 cm³/mol. The van der Waals surface area contributed by atoms with E-state index in [0.717, 1.165) is 37.0 Å². The Morgan fingerprint density at radius 1 is 1.21 bits per heavy atom. The van der Waals surface area contributed by atoms with Crippen molar-refractivity contribution in [2.75, 3.05) is 5.73 Å². The Morgan fingerprint density at radius 2 is 1.74 bits per heavy atom. The molecule has 4 fully saturated rings. The summed E-state index contributed by atoms with van der Waals surface area (Å²) < 4.78 is 5.08. The summed E-state index contributed by atoms with van der Waals surface area (Å²) in [6.07, 6.45) is 7.13. The normalized spacial score (nSPS) is 39.7. The highest BCUT2D eigenvalue weighted by atomic mass is 16.5. The van der Waals surface area contributed by atoms with Gasteiger partial charge in [-0.1, -0.05) is 5.16 Å². The molecule has 0 amide bonds. The van der Waals surface area contributed by atoms with Gasteiger partial charge in [0.1, 0.15) is 5.69 Å². The molecule has 5 rings (SSSR count). The van der Waals surface area contributed by atoms with Gasteiger partial charge in [-0.25, -0.2) is 0 Å². The quantitative estimate of drug-likeness (QED) is 0.830. The van der Waals surface area contributed by atoms with Crippen LogP contribution in [-0.4, -0.2) is 10.9 Å². The minimum absolute atomic E-state index is 0.154. The number of rotatable bonds is 2. The molecule has 0 spiro atoms. The van der Waals surface area contributed by atoms with E-state index in [1.165, 1.54) is 19.3 Å². The molecule has 1 aromatic heterocycles. The lowest BCUT2D eigenvalue weighted by molar-refractivity contribution is -0.0356. The molecular formula is C15H20N2O2. The van der Waals surface area contributed by atoms with Crippen LogP contribution in [0, 0.1) is 30.1 Å². The number of nitrogens with zero attached hydrogens (tertiary/aromatic N) is 1. The van der Waals surface area contributed by atoms with E-state index < -0.39 is 0 Å². The van der Waals surface area contributed by atoms with Crippen molar-refractivity contribution in [2.24, 2.45) is 23.2 Å². The van der Waals surface area contributed by atoms with Crippen molar-refractivity contribution in [1.29, 1.82) is 0 Å². The van der Waals surface area contributed by atoms with Gasteiger partial charge < -0.3 is 10.3 Å². The topological polar surface area (TPSA) is 69.1 Å². The molecule has 1 aromatic rings. The van der Waals surface area contributed by atoms with E-state index in [2.05, 4.69) is 5.16 Å². The number of aryl methyl sites for hydroxylation is 1. The van der Waals surface area contributed by atoms with Crippen molar-refractivity contribution in [3.05, 3.63) is 11.5 Å². The van der Waals surface area contributed by atoms with Crippen LogP contribution in [-0.2, 0) is 0 Å². The maximum absolute atomic E-state index is 12.9. The van der Waals surface area contributed by atoms with Crippen molar-refractivity contribution in [2.45, 2.75) is 45.4 Å². The van der Waals surface area contributed by atoms with E-state index >= 15 is 0 Å². The first-order valence-electron chi connectivity index (χ1n) is 7.34. The maximum atomic E-state index is 12.9. The summed E-state index contributed by atoms with van der Waals surface area (Å²) >= 11 is 0. The third-order valence-electron chi connectivity index (χ3n) is 5.64. The number of carbonyl (C=O) groups is 1. The maximum Gasteiger partial charge on any atom is 0.193 e. The van der Waals surface area contributed by atoms with Crippen LogP contribution < -0.4 is 5.73 Å². The van der Waals surface area contributed by atoms with Gasteiger partial charge in [0, 0.05) is 5.41 Å². The predicted octanol–water partition coefficient (Wildman–Crippen LogP) is 2.96. The highest BCUT2D eigenvalue weighted by Crippen LogP contribution is 2.61. The number of Topliss-reactive ketones (excluding diaryl/α,β-unsaturated/α-hetero) is 1. The molecule has 4 saturated carbocycles. The van der Waals surface area contributed by atoms with Crippen molar-refractivity contribution in [3.8, 4) is 0 Å². The molecule has 4 aliphatic carbocycles. The van der Waals surface area contributed by atoms with Crippen LogP contribution in [0.1, 0.15) is 54.8 Å². The van der Waals surface area contributed by atoms with E-state index in [1.807, 2.05) is 0 Å². The van der Waals surface area contributed by atoms with Crippen LogP contribution in [0.2, 0.25) is 0 Å². The van der Waals surface area contributed by atoms with Crippen LogP contribution >= 0.6 is 0 Å². The van der Waals surface area contributed by atoms with E-state index in [1.54, 1.807) is 6.92 Å². The van der Waals surface area contributed by atoms with Crippen molar-refractivity contribution >= 4 is 11.5 Å². The first-order chi connectivity index (χ1) is 9.07. The second kappa shape index (κ2) is 3.62. The number of ketones is 1. The first-order valence-corrected chi connectivity index (χ1v) is 7.34. The lowest BCUT2D eigenvalue weighted by Gasteiger charge is -2.55. The second-order valence-electron chi connectivity index (χ2n) is 7.03. The molecule has 0 aliphatic heterocycles. The summed E-state index contributed by atoms with van der Waals surface area (Å²) in [5, 5.41) is 3.92. The van der Waals surface area contributed by atoms with Crippen molar-refractivity contribution in [3.63, 3.8) is 0 Å². The fourth-order valence-electron chi connectivity index (χ4n) is 5.18. The number of nitrogens with two attached hydrogens (primary N) is 1. The molecule has 19 heavy (non-hydrogen) atoms. The summed E-state index contributed by atoms with van der Waals surface area (Å²) in [6.45, 7) is 1.76. The van der Waals surface area contributed by atoms with E-state index in [-0.39, 0.29) is 11.2 Å². The van der Waals surface area contributed by atoms with E-state index in [0.29, 0.717) is 17.1 Å². The zero-order valence-electron chi connectivity index (χ0n) is 11.3. The lowest BCUT2D eigenvalue weighted by Crippen LogP contribution is -2.50. The Morgan fingerprint density at radius 3 is 2.16 bits per heavy atom. The number of carbonyl (C=O) groups excluding carboxylic acids is 1. The Labute approximate surface area is 112 Å². The van der Waals surface area contributed by atoms with Crippen molar-refractivity contribution < 1.29 is 9.32 Å². The number of aromatic nitrogens is 1. The first kappa shape index (κ1) is 11.5. The summed E-state index contributed by atoms with van der Waals surface area (Å²) in [7, 11) is 0. The number of hydrogen-bond acceptors (Lipinski definition) is 4. The summed E-state index contributed by atoms with van der Waals surface area (Å²) in [5.74, 6) is 2.98. The molecular weight excluding hydrogens is 240 g/mol. The van der Waals surface area contributed by atoms with Crippen LogP contribution in [0.4, 0.5) is 5.69 Å². The SMILES string of the molecule is Cc1onc(C(=O)C23CC4CC(CC(C4)C2)C3)c1N. The van der Waals surface area contributed by atoms with Gasteiger partial charge in [-0.05, 0) is 63.2 Å². The van der Waals surface area contributed by atoms with Gasteiger partial charge >= 0.3 is 0 Å². The Balaban J connectivity index is 1.72. The van der Waals surface area contributed by atoms with Crippen LogP contribution in [0.25, 0.3) is 0 Å². The monoisotopic (exact) mass is 260 g/mol. The molecule has 2 N–H and O–H groups in total. The molecule has 0 aromatic carbocycles. The average molecular weight is 260 g/mol. The fourth-order valence-corrected chi connectivity index (χ4v) is 5.18. The minimum Gasteiger partial charge on any atom is -0.394 e. The second-order valence-corrected chi connectivity index (χ2v) is 7.03. The minimum atomic E-state index is -0.174. The Kier molecular flexibility index (Phi) is 2.19. The zero-order chi connectivity index (χ0) is 13.2. The number of anilines is 1. The van der Waals surface area contributed by atoms with E-state index in [4.69, 9.17) is 10.3 Å². The molecule has 102 valence electrons. The zero-order valence-corrected chi connectivity index (χ0v) is 11.3. The van der Waals surface area contributed by atoms with Gasteiger partial charge in [-0.15, -0.1) is 0 Å². The largest absolute Gasteiger partial charge is 0.394 e. The Bertz CT molecular complexity index is 511. The standard InChI is InChI=1S/C15H20N2O2/c1-8-12(16)13(17-19-8)14(18)15-5-9-2-10(6-15)4-11(3-9)7-15/h9-11H,2-7,16H2,1H3. The molecule has 4 nitrogen and oxygen atoms in total. The van der Waals surface area contributed by atoms with Gasteiger partial charge in [0.25, 0.3) is 0 Å². The molecule has 0 unspecified atom stereocenters.